The van der Waals surface area contributed by atoms with Gasteiger partial charge in [-0.1, -0.05) is 0 Å². The molecule has 3 aromatic rings. The summed E-state index contributed by atoms with van der Waals surface area (Å²) in [5, 5.41) is -0.131. The van der Waals surface area contributed by atoms with E-state index in [9.17, 15) is 27.2 Å². The first kappa shape index (κ1) is 22.2. The second kappa shape index (κ2) is 7.97. The number of hydrogen-bond acceptors (Lipinski definition) is 6. The van der Waals surface area contributed by atoms with Crippen molar-refractivity contribution >= 4 is 17.0 Å². The van der Waals surface area contributed by atoms with Gasteiger partial charge in [-0.2, -0.15) is 13.2 Å². The SMILES string of the molecule is COC(=O)c1ccc(O[C@@H](C)c2cc3c(=O)n(C)c(C)nc3nc2C(F)(F)F)c(F)c1. The van der Waals surface area contributed by atoms with Crippen molar-refractivity contribution in [2.45, 2.75) is 26.1 Å². The summed E-state index contributed by atoms with van der Waals surface area (Å²) >= 11 is 0. The van der Waals surface area contributed by atoms with Gasteiger partial charge < -0.3 is 9.47 Å². The van der Waals surface area contributed by atoms with Gasteiger partial charge in [-0.3, -0.25) is 9.36 Å². The lowest BCUT2D eigenvalue weighted by molar-refractivity contribution is -0.142. The third-order valence-electron chi connectivity index (χ3n) is 4.68. The van der Waals surface area contributed by atoms with Gasteiger partial charge >= 0.3 is 12.1 Å². The number of aryl methyl sites for hydroxylation is 1. The summed E-state index contributed by atoms with van der Waals surface area (Å²) in [6.07, 6.45) is -6.21. The highest BCUT2D eigenvalue weighted by atomic mass is 19.4. The van der Waals surface area contributed by atoms with E-state index in [1.54, 1.807) is 0 Å². The van der Waals surface area contributed by atoms with Crippen molar-refractivity contribution in [2.24, 2.45) is 7.05 Å². The van der Waals surface area contributed by atoms with E-state index < -0.39 is 40.9 Å². The molecule has 2 aromatic heterocycles. The smallest absolute Gasteiger partial charge is 0.433 e. The highest BCUT2D eigenvalue weighted by molar-refractivity contribution is 5.89. The summed E-state index contributed by atoms with van der Waals surface area (Å²) in [5.41, 5.74) is -2.77. The Balaban J connectivity index is 2.10. The van der Waals surface area contributed by atoms with E-state index in [0.717, 1.165) is 25.3 Å². The number of pyridine rings is 1. The summed E-state index contributed by atoms with van der Waals surface area (Å²) < 4.78 is 66.4. The number of benzene rings is 1. The molecule has 7 nitrogen and oxygen atoms in total. The molecule has 1 atom stereocenters. The van der Waals surface area contributed by atoms with Crippen molar-refractivity contribution in [1.29, 1.82) is 0 Å². The normalized spacial score (nSPS) is 12.6. The first-order valence-electron chi connectivity index (χ1n) is 8.94. The number of esters is 1. The Morgan fingerprint density at radius 3 is 2.45 bits per heavy atom. The van der Waals surface area contributed by atoms with Crippen LogP contribution in [0, 0.1) is 12.7 Å². The van der Waals surface area contributed by atoms with E-state index >= 15 is 0 Å². The minimum absolute atomic E-state index is 0.0895. The summed E-state index contributed by atoms with van der Waals surface area (Å²) in [4.78, 5) is 31.5. The summed E-state index contributed by atoms with van der Waals surface area (Å²) in [6, 6.07) is 4.16. The molecule has 0 fully saturated rings. The maximum Gasteiger partial charge on any atom is 0.433 e. The molecule has 0 bridgehead atoms. The van der Waals surface area contributed by atoms with Crippen molar-refractivity contribution in [2.75, 3.05) is 7.11 Å². The predicted molar refractivity (Wildman–Crippen MR) is 101 cm³/mol. The Morgan fingerprint density at radius 2 is 1.87 bits per heavy atom. The minimum Gasteiger partial charge on any atom is -0.483 e. The molecule has 0 saturated carbocycles. The van der Waals surface area contributed by atoms with Crippen molar-refractivity contribution < 1.29 is 31.8 Å². The maximum absolute atomic E-state index is 14.3. The van der Waals surface area contributed by atoms with Crippen LogP contribution in [0.15, 0.2) is 29.1 Å². The van der Waals surface area contributed by atoms with E-state index in [4.69, 9.17) is 4.74 Å². The topological polar surface area (TPSA) is 83.3 Å². The second-order valence-corrected chi connectivity index (χ2v) is 6.72. The van der Waals surface area contributed by atoms with Gasteiger partial charge in [0.25, 0.3) is 5.56 Å². The lowest BCUT2D eigenvalue weighted by atomic mass is 10.1. The second-order valence-electron chi connectivity index (χ2n) is 6.72. The lowest BCUT2D eigenvalue weighted by Gasteiger charge is -2.20. The van der Waals surface area contributed by atoms with Crippen molar-refractivity contribution in [3.63, 3.8) is 0 Å². The molecule has 2 heterocycles. The average molecular weight is 439 g/mol. The third-order valence-corrected chi connectivity index (χ3v) is 4.68. The van der Waals surface area contributed by atoms with Gasteiger partial charge in [-0.15, -0.1) is 0 Å². The number of ether oxygens (including phenoxy) is 2. The zero-order valence-corrected chi connectivity index (χ0v) is 16.9. The van der Waals surface area contributed by atoms with Gasteiger partial charge in [-0.05, 0) is 38.1 Å². The van der Waals surface area contributed by atoms with Crippen LogP contribution in [-0.4, -0.2) is 27.6 Å². The number of carbonyl (C=O) groups excluding carboxylic acids is 1. The number of rotatable bonds is 4. The minimum atomic E-state index is -4.87. The van der Waals surface area contributed by atoms with Crippen LogP contribution in [0.1, 0.15) is 40.5 Å². The molecule has 0 aliphatic heterocycles. The molecule has 0 aliphatic carbocycles. The maximum atomic E-state index is 14.3. The molecule has 0 aliphatic rings. The molecule has 1 aromatic carbocycles. The van der Waals surface area contributed by atoms with Crippen LogP contribution >= 0.6 is 0 Å². The molecule has 0 N–H and O–H groups in total. The molecule has 164 valence electrons. The van der Waals surface area contributed by atoms with Crippen LogP contribution in [0.5, 0.6) is 5.75 Å². The summed E-state index contributed by atoms with van der Waals surface area (Å²) in [7, 11) is 2.55. The molecular formula is C20H17F4N3O4. The number of methoxy groups -OCH3 is 1. The van der Waals surface area contributed by atoms with Gasteiger partial charge in [0.2, 0.25) is 0 Å². The number of hydrogen-bond donors (Lipinski definition) is 0. The number of halogens is 4. The van der Waals surface area contributed by atoms with Gasteiger partial charge in [0.05, 0.1) is 18.1 Å². The Bertz CT molecular complexity index is 1240. The molecule has 3 rings (SSSR count). The van der Waals surface area contributed by atoms with Crippen LogP contribution in [-0.2, 0) is 18.0 Å². The first-order chi connectivity index (χ1) is 14.4. The quantitative estimate of drug-likeness (QED) is 0.455. The average Bonchev–Trinajstić information content (AvgIpc) is 2.71. The van der Waals surface area contributed by atoms with Crippen LogP contribution in [0.25, 0.3) is 11.0 Å². The van der Waals surface area contributed by atoms with E-state index in [0.29, 0.717) is 0 Å². The fourth-order valence-electron chi connectivity index (χ4n) is 2.95. The van der Waals surface area contributed by atoms with Crippen molar-refractivity contribution in [3.8, 4) is 5.75 Å². The van der Waals surface area contributed by atoms with Gasteiger partial charge in [0, 0.05) is 12.6 Å². The van der Waals surface area contributed by atoms with Crippen molar-refractivity contribution in [3.05, 3.63) is 63.1 Å². The van der Waals surface area contributed by atoms with E-state index in [1.165, 1.54) is 31.5 Å². The number of aromatic nitrogens is 3. The number of carbonyl (C=O) groups is 1. The van der Waals surface area contributed by atoms with Crippen LogP contribution in [0.2, 0.25) is 0 Å². The monoisotopic (exact) mass is 439 g/mol. The first-order valence-corrected chi connectivity index (χ1v) is 8.94. The number of nitrogens with zero attached hydrogens (tertiary/aromatic N) is 3. The van der Waals surface area contributed by atoms with Gasteiger partial charge in [-0.25, -0.2) is 19.2 Å². The van der Waals surface area contributed by atoms with Crippen molar-refractivity contribution in [1.82, 2.24) is 14.5 Å². The molecule has 31 heavy (non-hydrogen) atoms. The Kier molecular flexibility index (Phi) is 5.70. The Morgan fingerprint density at radius 1 is 1.19 bits per heavy atom. The molecule has 0 unspecified atom stereocenters. The number of alkyl halides is 3. The summed E-state index contributed by atoms with van der Waals surface area (Å²) in [6.45, 7) is 2.73. The molecular weight excluding hydrogens is 422 g/mol. The Hall–Kier alpha value is -3.50. The van der Waals surface area contributed by atoms with Crippen LogP contribution in [0.4, 0.5) is 17.6 Å². The van der Waals surface area contributed by atoms with Gasteiger partial charge in [0.1, 0.15) is 11.9 Å². The summed E-state index contributed by atoms with van der Waals surface area (Å²) in [5.74, 6) is -1.94. The highest BCUT2D eigenvalue weighted by Crippen LogP contribution is 2.36. The highest BCUT2D eigenvalue weighted by Gasteiger charge is 2.38. The van der Waals surface area contributed by atoms with Crippen LogP contribution in [0.3, 0.4) is 0 Å². The van der Waals surface area contributed by atoms with Crippen LogP contribution < -0.4 is 10.3 Å². The Labute approximate surface area is 173 Å². The van der Waals surface area contributed by atoms with E-state index in [1.807, 2.05) is 0 Å². The largest absolute Gasteiger partial charge is 0.483 e. The van der Waals surface area contributed by atoms with Gasteiger partial charge in [0.15, 0.2) is 22.9 Å². The molecule has 0 saturated heterocycles. The lowest BCUT2D eigenvalue weighted by Crippen LogP contribution is -2.24. The zero-order valence-electron chi connectivity index (χ0n) is 16.9. The fourth-order valence-corrected chi connectivity index (χ4v) is 2.95. The third kappa shape index (κ3) is 4.21. The molecule has 0 spiro atoms. The zero-order chi connectivity index (χ0) is 23.1. The molecule has 0 amide bonds. The predicted octanol–water partition coefficient (Wildman–Crippen LogP) is 3.72. The van der Waals surface area contributed by atoms with E-state index in [-0.39, 0.29) is 28.2 Å². The number of fused-ring (bicyclic) bond motifs is 1. The fraction of sp³-hybridized carbons (Fsp3) is 0.300. The molecule has 0 radical (unpaired) electrons. The molecule has 11 heteroatoms. The standard InChI is InChI=1S/C20H17F4N3O4/c1-9(31-15-6-5-11(7-14(15)21)19(29)30-4)12-8-13-17(26-16(12)20(22,23)24)25-10(2)27(3)18(13)28/h5-9H,1-4H3/t9-/m0/s1. The van der Waals surface area contributed by atoms with E-state index in [2.05, 4.69) is 14.7 Å².